The fourth-order valence-corrected chi connectivity index (χ4v) is 5.16. The Kier molecular flexibility index (Phi) is 6.13. The van der Waals surface area contributed by atoms with Crippen LogP contribution in [0.15, 0.2) is 53.8 Å². The third kappa shape index (κ3) is 4.16. The second kappa shape index (κ2) is 7.76. The number of fused-ring (bicyclic) bond motifs is 1. The van der Waals surface area contributed by atoms with Gasteiger partial charge in [-0.15, -0.1) is 6.58 Å². The lowest BCUT2D eigenvalue weighted by atomic mass is 9.53. The lowest BCUT2D eigenvalue weighted by molar-refractivity contribution is 0.00535. The van der Waals surface area contributed by atoms with Crippen molar-refractivity contribution in [1.82, 2.24) is 5.32 Å². The molecule has 0 aromatic carbocycles. The van der Waals surface area contributed by atoms with E-state index in [1.165, 1.54) is 49.1 Å². The maximum Gasteiger partial charge on any atom is 0.0298 e. The van der Waals surface area contributed by atoms with Crippen molar-refractivity contribution < 1.29 is 0 Å². The second-order valence-electron chi connectivity index (χ2n) is 8.54. The van der Waals surface area contributed by atoms with Gasteiger partial charge in [0, 0.05) is 30.6 Å². The van der Waals surface area contributed by atoms with E-state index in [4.69, 9.17) is 4.99 Å². The molecule has 3 saturated carbocycles. The van der Waals surface area contributed by atoms with Gasteiger partial charge in [0.05, 0.1) is 0 Å². The first-order valence-electron chi connectivity index (χ1n) is 9.61. The molecule has 3 aliphatic carbocycles. The zero-order valence-electron chi connectivity index (χ0n) is 16.8. The molecule has 3 rings (SSSR count). The molecule has 2 bridgehead atoms. The predicted octanol–water partition coefficient (Wildman–Crippen LogP) is 6.19. The molecule has 0 heterocycles. The van der Waals surface area contributed by atoms with E-state index in [1.54, 1.807) is 0 Å². The van der Waals surface area contributed by atoms with Gasteiger partial charge >= 0.3 is 0 Å². The first kappa shape index (κ1) is 19.8. The zero-order valence-corrected chi connectivity index (χ0v) is 16.8. The second-order valence-corrected chi connectivity index (χ2v) is 8.54. The highest BCUT2D eigenvalue weighted by atomic mass is 14.9. The topological polar surface area (TPSA) is 24.4 Å². The van der Waals surface area contributed by atoms with E-state index in [9.17, 15) is 0 Å². The SMILES string of the molecule is C=CCCC(C(=C)NC)C12CCC(CC(C)=N/C=C(/C)C(=C)C)(C1)C2. The normalized spacial score (nSPS) is 29.8. The molecule has 1 N–H and O–H groups in total. The van der Waals surface area contributed by atoms with Gasteiger partial charge in [0.25, 0.3) is 0 Å². The molecule has 138 valence electrons. The van der Waals surface area contributed by atoms with Gasteiger partial charge in [0.15, 0.2) is 0 Å². The molecule has 3 fully saturated rings. The van der Waals surface area contributed by atoms with Crippen LogP contribution in [0.25, 0.3) is 0 Å². The van der Waals surface area contributed by atoms with Gasteiger partial charge in [-0.05, 0) is 82.1 Å². The molecule has 25 heavy (non-hydrogen) atoms. The summed E-state index contributed by atoms with van der Waals surface area (Å²) in [6.45, 7) is 18.5. The number of allylic oxidation sites excluding steroid dienone is 4. The van der Waals surface area contributed by atoms with Crippen LogP contribution in [0.4, 0.5) is 0 Å². The van der Waals surface area contributed by atoms with Crippen molar-refractivity contribution in [3.8, 4) is 0 Å². The first-order valence-corrected chi connectivity index (χ1v) is 9.61. The summed E-state index contributed by atoms with van der Waals surface area (Å²) in [5, 5.41) is 3.33. The first-order chi connectivity index (χ1) is 11.8. The van der Waals surface area contributed by atoms with Crippen molar-refractivity contribution in [2.75, 3.05) is 7.05 Å². The van der Waals surface area contributed by atoms with Gasteiger partial charge in [-0.1, -0.05) is 24.8 Å². The quantitative estimate of drug-likeness (QED) is 0.286. The Balaban J connectivity index is 2.03. The third-order valence-corrected chi connectivity index (χ3v) is 6.53. The Bertz CT molecular complexity index is 600. The summed E-state index contributed by atoms with van der Waals surface area (Å²) < 4.78 is 0. The average Bonchev–Trinajstić information content (AvgIpc) is 3.08. The van der Waals surface area contributed by atoms with E-state index in [-0.39, 0.29) is 0 Å². The number of hydrogen-bond acceptors (Lipinski definition) is 2. The van der Waals surface area contributed by atoms with E-state index in [0.29, 0.717) is 16.7 Å². The molecule has 0 amide bonds. The minimum atomic E-state index is 0.465. The fraction of sp³-hybridized carbons (Fsp3) is 0.609. The minimum Gasteiger partial charge on any atom is -0.392 e. The van der Waals surface area contributed by atoms with Gasteiger partial charge < -0.3 is 5.32 Å². The smallest absolute Gasteiger partial charge is 0.0298 e. The fourth-order valence-electron chi connectivity index (χ4n) is 5.16. The maximum absolute atomic E-state index is 4.70. The number of aliphatic imine (C=N–C) groups is 1. The molecule has 1 unspecified atom stereocenters. The molecule has 2 heteroatoms. The Morgan fingerprint density at radius 2 is 1.88 bits per heavy atom. The molecule has 2 nitrogen and oxygen atoms in total. The van der Waals surface area contributed by atoms with Crippen LogP contribution in [-0.2, 0) is 0 Å². The number of rotatable bonds is 10. The highest BCUT2D eigenvalue weighted by Crippen LogP contribution is 2.72. The average molecular weight is 341 g/mol. The molecule has 0 aliphatic heterocycles. The van der Waals surface area contributed by atoms with Crippen LogP contribution in [0.3, 0.4) is 0 Å². The van der Waals surface area contributed by atoms with Gasteiger partial charge in [-0.25, -0.2) is 0 Å². The van der Waals surface area contributed by atoms with Crippen LogP contribution < -0.4 is 5.32 Å². The van der Waals surface area contributed by atoms with E-state index < -0.39 is 0 Å². The molecule has 3 aliphatic rings. The van der Waals surface area contributed by atoms with Gasteiger partial charge in [-0.3, -0.25) is 4.99 Å². The molecule has 0 radical (unpaired) electrons. The van der Waals surface area contributed by atoms with Crippen molar-refractivity contribution >= 4 is 5.71 Å². The van der Waals surface area contributed by atoms with Crippen molar-refractivity contribution in [3.63, 3.8) is 0 Å². The summed E-state index contributed by atoms with van der Waals surface area (Å²) in [5.41, 5.74) is 5.68. The van der Waals surface area contributed by atoms with Gasteiger partial charge in [0.1, 0.15) is 0 Å². The van der Waals surface area contributed by atoms with Crippen molar-refractivity contribution in [2.45, 2.75) is 65.7 Å². The largest absolute Gasteiger partial charge is 0.392 e. The standard InChI is InChI=1S/C23H36N2/c1-8-9-10-21(20(6)24-7)23-12-11-22(15-23,16-23)13-19(5)25-14-18(4)17(2)3/h8,14,21,24H,1-2,6,9-13,15-16H2,3-5,7H3/b18-14-,25-19?. The molecular formula is C23H36N2. The molecule has 0 spiro atoms. The zero-order chi connectivity index (χ0) is 18.7. The van der Waals surface area contributed by atoms with Crippen molar-refractivity contribution in [2.24, 2.45) is 21.7 Å². The molecule has 0 aromatic rings. The van der Waals surface area contributed by atoms with Crippen LogP contribution in [-0.4, -0.2) is 12.8 Å². The van der Waals surface area contributed by atoms with Crippen molar-refractivity contribution in [3.05, 3.63) is 48.9 Å². The highest BCUT2D eigenvalue weighted by Gasteiger charge is 2.63. The molecule has 1 atom stereocenters. The molecule has 0 saturated heterocycles. The highest BCUT2D eigenvalue weighted by molar-refractivity contribution is 5.83. The van der Waals surface area contributed by atoms with E-state index in [0.717, 1.165) is 18.4 Å². The van der Waals surface area contributed by atoms with Crippen LogP contribution in [0.2, 0.25) is 0 Å². The summed E-state index contributed by atoms with van der Waals surface area (Å²) in [6.07, 6.45) is 12.7. The third-order valence-electron chi connectivity index (χ3n) is 6.53. The summed E-state index contributed by atoms with van der Waals surface area (Å²) in [5.74, 6) is 0.578. The van der Waals surface area contributed by atoms with E-state index in [2.05, 4.69) is 38.9 Å². The molecular weight excluding hydrogens is 304 g/mol. The lowest BCUT2D eigenvalue weighted by Crippen LogP contribution is -2.45. The Hall–Kier alpha value is -1.57. The number of nitrogens with zero attached hydrogens (tertiary/aromatic N) is 1. The summed E-state index contributed by atoms with van der Waals surface area (Å²) in [4.78, 5) is 4.70. The van der Waals surface area contributed by atoms with E-state index in [1.807, 2.05) is 26.2 Å². The van der Waals surface area contributed by atoms with Gasteiger partial charge in [0.2, 0.25) is 0 Å². The summed E-state index contributed by atoms with van der Waals surface area (Å²) in [6, 6.07) is 0. The Labute approximate surface area is 154 Å². The molecule has 0 aromatic heterocycles. The van der Waals surface area contributed by atoms with Crippen molar-refractivity contribution in [1.29, 1.82) is 0 Å². The summed E-state index contributed by atoms with van der Waals surface area (Å²) in [7, 11) is 2.01. The van der Waals surface area contributed by atoms with Crippen LogP contribution in [0.1, 0.15) is 65.7 Å². The van der Waals surface area contributed by atoms with Crippen LogP contribution in [0.5, 0.6) is 0 Å². The Morgan fingerprint density at radius 3 is 2.44 bits per heavy atom. The number of hydrogen-bond donors (Lipinski definition) is 1. The van der Waals surface area contributed by atoms with E-state index >= 15 is 0 Å². The van der Waals surface area contributed by atoms with Gasteiger partial charge in [-0.2, -0.15) is 0 Å². The Morgan fingerprint density at radius 1 is 1.20 bits per heavy atom. The minimum absolute atomic E-state index is 0.465. The monoisotopic (exact) mass is 340 g/mol. The van der Waals surface area contributed by atoms with Crippen LogP contribution in [0, 0.1) is 16.7 Å². The predicted molar refractivity (Wildman–Crippen MR) is 111 cm³/mol. The summed E-state index contributed by atoms with van der Waals surface area (Å²) >= 11 is 0. The maximum atomic E-state index is 4.70. The number of nitrogens with one attached hydrogen (secondary N) is 1. The lowest BCUT2D eigenvalue weighted by Gasteiger charge is -2.52. The van der Waals surface area contributed by atoms with Crippen LogP contribution >= 0.6 is 0 Å².